The molecule has 0 spiro atoms. The summed E-state index contributed by atoms with van der Waals surface area (Å²) in [5, 5.41) is 19.9. The van der Waals surface area contributed by atoms with Crippen molar-refractivity contribution in [3.63, 3.8) is 0 Å². The van der Waals surface area contributed by atoms with Gasteiger partial charge in [0, 0.05) is 47.7 Å². The summed E-state index contributed by atoms with van der Waals surface area (Å²) >= 11 is 13.2. The van der Waals surface area contributed by atoms with Crippen LogP contribution in [0, 0.1) is 24.1 Å². The summed E-state index contributed by atoms with van der Waals surface area (Å²) in [5.74, 6) is -0.179. The summed E-state index contributed by atoms with van der Waals surface area (Å²) in [7, 11) is 4.06. The minimum atomic E-state index is -0.540. The van der Waals surface area contributed by atoms with Crippen LogP contribution in [0.4, 0.5) is 10.2 Å². The quantitative estimate of drug-likeness (QED) is 0.252. The van der Waals surface area contributed by atoms with Gasteiger partial charge in [-0.25, -0.2) is 14.1 Å². The van der Waals surface area contributed by atoms with Gasteiger partial charge in [-0.1, -0.05) is 47.1 Å². The molecular formula is C31H31Cl2FN8O. The van der Waals surface area contributed by atoms with Crippen molar-refractivity contribution in [2.75, 3.05) is 38.6 Å². The van der Waals surface area contributed by atoms with Crippen molar-refractivity contribution in [2.45, 2.75) is 44.3 Å². The zero-order valence-electron chi connectivity index (χ0n) is 24.2. The number of nitrogens with zero attached hydrogens (tertiary/aromatic N) is 8. The van der Waals surface area contributed by atoms with Crippen molar-refractivity contribution in [2.24, 2.45) is 0 Å². The standard InChI is InChI=1S/C31H31Cl2FN8O/c1-5-25(43)41-12-10-19(13-18(41)9-11-35)42-30-22-14-24(33)26(21-7-6-8-23(32)17(21)2)27(34)28(22)36-31(29(30)37-38-42)40-15-20(16-40)39(3)4/h5-8,14,18-20H,1,9-10,12-13,15-16H2,2-4H3/t18-,19+/m1/s1. The maximum absolute atomic E-state index is 16.7. The molecule has 1 amide bonds. The third-order valence-electron chi connectivity index (χ3n) is 8.82. The lowest BCUT2D eigenvalue weighted by molar-refractivity contribution is -0.130. The Balaban J connectivity index is 1.55. The van der Waals surface area contributed by atoms with Gasteiger partial charge in [-0.15, -0.1) is 5.10 Å². The van der Waals surface area contributed by atoms with Crippen molar-refractivity contribution >= 4 is 56.9 Å². The van der Waals surface area contributed by atoms with Crippen LogP contribution in [0.2, 0.25) is 10.0 Å². The number of amides is 1. The lowest BCUT2D eigenvalue weighted by Gasteiger charge is -2.43. The Morgan fingerprint density at radius 2 is 2.02 bits per heavy atom. The fourth-order valence-electron chi connectivity index (χ4n) is 6.27. The number of likely N-dealkylation sites (tertiary alicyclic amines) is 1. The maximum Gasteiger partial charge on any atom is 0.246 e. The van der Waals surface area contributed by atoms with Gasteiger partial charge in [0.05, 0.1) is 23.6 Å². The fourth-order valence-corrected chi connectivity index (χ4v) is 6.74. The van der Waals surface area contributed by atoms with Gasteiger partial charge in [-0.2, -0.15) is 5.26 Å². The molecule has 0 unspecified atom stereocenters. The Morgan fingerprint density at radius 3 is 2.72 bits per heavy atom. The Labute approximate surface area is 259 Å². The number of pyridine rings is 1. The number of nitriles is 1. The van der Waals surface area contributed by atoms with Gasteiger partial charge in [-0.05, 0) is 63.2 Å². The van der Waals surface area contributed by atoms with Gasteiger partial charge in [0.1, 0.15) is 11.0 Å². The number of aromatic nitrogens is 4. The lowest BCUT2D eigenvalue weighted by Crippen LogP contribution is -2.57. The minimum absolute atomic E-state index is 0.172. The molecule has 0 bridgehead atoms. The average Bonchev–Trinajstić information content (AvgIpc) is 3.40. The molecule has 4 aromatic rings. The minimum Gasteiger partial charge on any atom is -0.351 e. The van der Waals surface area contributed by atoms with Crippen molar-refractivity contribution in [1.29, 1.82) is 5.26 Å². The molecule has 0 aliphatic carbocycles. The van der Waals surface area contributed by atoms with Gasteiger partial charge in [0.25, 0.3) is 0 Å². The van der Waals surface area contributed by atoms with Crippen molar-refractivity contribution < 1.29 is 9.18 Å². The highest BCUT2D eigenvalue weighted by molar-refractivity contribution is 6.35. The molecule has 2 aromatic carbocycles. The first kappa shape index (κ1) is 29.3. The van der Waals surface area contributed by atoms with Crippen molar-refractivity contribution in [3.05, 3.63) is 58.3 Å². The Kier molecular flexibility index (Phi) is 7.75. The summed E-state index contributed by atoms with van der Waals surface area (Å²) in [5.41, 5.74) is 2.93. The van der Waals surface area contributed by atoms with Crippen LogP contribution < -0.4 is 4.90 Å². The number of fused-ring (bicyclic) bond motifs is 3. The second kappa shape index (κ2) is 11.4. The van der Waals surface area contributed by atoms with Gasteiger partial charge in [0.2, 0.25) is 5.91 Å². The van der Waals surface area contributed by atoms with E-state index >= 15 is 4.39 Å². The van der Waals surface area contributed by atoms with Crippen LogP contribution in [0.5, 0.6) is 0 Å². The van der Waals surface area contributed by atoms with E-state index in [-0.39, 0.29) is 40.5 Å². The summed E-state index contributed by atoms with van der Waals surface area (Å²) in [6, 6.07) is 9.11. The average molecular weight is 622 g/mol. The molecule has 4 heterocycles. The molecule has 222 valence electrons. The van der Waals surface area contributed by atoms with E-state index < -0.39 is 5.82 Å². The first-order chi connectivity index (χ1) is 20.6. The van der Waals surface area contributed by atoms with Crippen molar-refractivity contribution in [1.82, 2.24) is 29.8 Å². The Hall–Kier alpha value is -3.78. The number of rotatable bonds is 6. The highest BCUT2D eigenvalue weighted by Crippen LogP contribution is 2.43. The summed E-state index contributed by atoms with van der Waals surface area (Å²) < 4.78 is 18.5. The van der Waals surface area contributed by atoms with E-state index in [9.17, 15) is 10.1 Å². The number of likely N-dealkylation sites (N-methyl/N-ethyl adjacent to an activating group) is 1. The normalized spacial score (nSPS) is 19.2. The molecule has 2 aromatic heterocycles. The third-order valence-corrected chi connectivity index (χ3v) is 9.53. The zero-order valence-corrected chi connectivity index (χ0v) is 25.7. The molecule has 9 nitrogen and oxygen atoms in total. The molecule has 0 N–H and O–H groups in total. The molecule has 12 heteroatoms. The van der Waals surface area contributed by atoms with Crippen LogP contribution in [0.1, 0.15) is 30.9 Å². The Bertz CT molecular complexity index is 1810. The monoisotopic (exact) mass is 620 g/mol. The van der Waals surface area contributed by atoms with E-state index in [0.717, 1.165) is 18.7 Å². The topological polar surface area (TPSA) is 94.2 Å². The van der Waals surface area contributed by atoms with Gasteiger partial charge in [0.15, 0.2) is 17.2 Å². The second-order valence-electron chi connectivity index (χ2n) is 11.5. The molecule has 2 atom stereocenters. The molecule has 43 heavy (non-hydrogen) atoms. The van der Waals surface area contributed by atoms with Crippen LogP contribution in [0.15, 0.2) is 36.9 Å². The van der Waals surface area contributed by atoms with Crippen molar-refractivity contribution in [3.8, 4) is 17.2 Å². The molecule has 0 saturated carbocycles. The predicted octanol–water partition coefficient (Wildman–Crippen LogP) is 5.78. The predicted molar refractivity (Wildman–Crippen MR) is 167 cm³/mol. The number of carbonyl (C=O) groups excluding carboxylic acids is 1. The highest BCUT2D eigenvalue weighted by atomic mass is 35.5. The third kappa shape index (κ3) is 4.89. The number of anilines is 1. The maximum atomic E-state index is 16.7. The van der Waals surface area contributed by atoms with E-state index in [1.54, 1.807) is 29.2 Å². The Morgan fingerprint density at radius 1 is 1.26 bits per heavy atom. The number of halogens is 3. The summed E-state index contributed by atoms with van der Waals surface area (Å²) in [4.78, 5) is 23.3. The van der Waals surface area contributed by atoms with Crippen LogP contribution >= 0.6 is 23.2 Å². The molecule has 2 fully saturated rings. The molecule has 6 rings (SSSR count). The van der Waals surface area contributed by atoms with Crippen LogP contribution in [0.25, 0.3) is 33.1 Å². The summed E-state index contributed by atoms with van der Waals surface area (Å²) in [6.45, 7) is 7.32. The first-order valence-electron chi connectivity index (χ1n) is 14.2. The second-order valence-corrected chi connectivity index (χ2v) is 12.3. The van der Waals surface area contributed by atoms with Gasteiger partial charge in [-0.3, -0.25) is 4.79 Å². The SMILES string of the molecule is C=CC(=O)N1CC[C@H](n2nnc3c(N4CC(N(C)C)C4)nc4c(F)c(-c5cccc(Cl)c5C)c(Cl)cc4c32)C[C@H]1CC#N. The molecule has 2 aliphatic heterocycles. The number of benzene rings is 2. The number of hydrogen-bond donors (Lipinski definition) is 0. The first-order valence-corrected chi connectivity index (χ1v) is 14.9. The molecule has 2 aliphatic rings. The fraction of sp³-hybridized carbons (Fsp3) is 0.387. The number of piperidine rings is 1. The van der Waals surface area contributed by atoms with Gasteiger partial charge < -0.3 is 14.7 Å². The van der Waals surface area contributed by atoms with E-state index in [0.29, 0.717) is 58.3 Å². The van der Waals surface area contributed by atoms with Crippen LogP contribution in [0.3, 0.4) is 0 Å². The molecule has 0 radical (unpaired) electrons. The number of carbonyl (C=O) groups is 1. The van der Waals surface area contributed by atoms with E-state index in [1.165, 1.54) is 6.08 Å². The van der Waals surface area contributed by atoms with Crippen LogP contribution in [-0.2, 0) is 4.79 Å². The largest absolute Gasteiger partial charge is 0.351 e. The molecular weight excluding hydrogens is 590 g/mol. The van der Waals surface area contributed by atoms with E-state index in [2.05, 4.69) is 32.8 Å². The van der Waals surface area contributed by atoms with E-state index in [1.807, 2.05) is 25.7 Å². The smallest absolute Gasteiger partial charge is 0.246 e. The molecule has 2 saturated heterocycles. The number of hydrogen-bond acceptors (Lipinski definition) is 7. The van der Waals surface area contributed by atoms with E-state index in [4.69, 9.17) is 28.2 Å². The zero-order chi connectivity index (χ0) is 30.6. The lowest BCUT2D eigenvalue weighted by atomic mass is 9.94. The summed E-state index contributed by atoms with van der Waals surface area (Å²) in [6.07, 6.45) is 2.53. The van der Waals surface area contributed by atoms with Gasteiger partial charge >= 0.3 is 0 Å². The van der Waals surface area contributed by atoms with Crippen LogP contribution in [-0.4, -0.2) is 81.5 Å². The highest BCUT2D eigenvalue weighted by Gasteiger charge is 2.36.